The van der Waals surface area contributed by atoms with E-state index in [1.165, 1.54) is 0 Å². The van der Waals surface area contributed by atoms with Gasteiger partial charge in [0.1, 0.15) is 5.75 Å². The van der Waals surface area contributed by atoms with Gasteiger partial charge in [-0.1, -0.05) is 18.2 Å². The molecule has 4 rings (SSSR count). The first-order chi connectivity index (χ1) is 14.1. The van der Waals surface area contributed by atoms with E-state index in [4.69, 9.17) is 14.2 Å². The zero-order valence-corrected chi connectivity index (χ0v) is 17.5. The zero-order valence-electron chi connectivity index (χ0n) is 16.7. The van der Waals surface area contributed by atoms with Gasteiger partial charge in [0.25, 0.3) is 0 Å². The Hall–Kier alpha value is -2.99. The highest BCUT2D eigenvalue weighted by Gasteiger charge is 2.31. The van der Waals surface area contributed by atoms with Gasteiger partial charge in [0.2, 0.25) is 5.91 Å². The number of benzene rings is 2. The Balaban J connectivity index is 1.74. The van der Waals surface area contributed by atoms with Crippen molar-refractivity contribution in [3.05, 3.63) is 58.3 Å². The normalized spacial score (nSPS) is 15.4. The van der Waals surface area contributed by atoms with Gasteiger partial charge in [-0.05, 0) is 42.3 Å². The molecule has 0 fully saturated rings. The summed E-state index contributed by atoms with van der Waals surface area (Å²) in [5.74, 6) is 2.21. The molecule has 1 amide bonds. The van der Waals surface area contributed by atoms with Crippen LogP contribution in [0, 0.1) is 0 Å². The van der Waals surface area contributed by atoms with Crippen molar-refractivity contribution >= 4 is 22.9 Å². The fraction of sp³-hybridized carbons (Fsp3) is 0.261. The third kappa shape index (κ3) is 3.68. The highest BCUT2D eigenvalue weighted by atomic mass is 32.1. The number of carbonyl (C=O) groups excluding carboxylic acids is 1. The Morgan fingerprint density at radius 3 is 2.55 bits per heavy atom. The van der Waals surface area contributed by atoms with Crippen LogP contribution in [0.3, 0.4) is 0 Å². The van der Waals surface area contributed by atoms with E-state index in [2.05, 4.69) is 10.7 Å². The van der Waals surface area contributed by atoms with Crippen LogP contribution in [-0.4, -0.2) is 26.7 Å². The molecule has 29 heavy (non-hydrogen) atoms. The Kier molecular flexibility index (Phi) is 5.45. The number of hydrogen-bond acceptors (Lipinski definition) is 5. The Labute approximate surface area is 174 Å². The van der Waals surface area contributed by atoms with Crippen LogP contribution < -0.4 is 19.5 Å². The summed E-state index contributed by atoms with van der Waals surface area (Å²) < 4.78 is 16.4. The quantitative estimate of drug-likeness (QED) is 0.600. The second-order valence-electron chi connectivity index (χ2n) is 6.77. The maximum absolute atomic E-state index is 12.5. The van der Waals surface area contributed by atoms with Crippen LogP contribution in [-0.2, 0) is 4.79 Å². The van der Waals surface area contributed by atoms with Crippen LogP contribution in [0.25, 0.3) is 11.1 Å². The van der Waals surface area contributed by atoms with Gasteiger partial charge in [-0.3, -0.25) is 4.79 Å². The fourth-order valence-electron chi connectivity index (χ4n) is 3.65. The SMILES string of the molecule is CCOc1ccc([C@H]2CC(=O)Nc3c(-c4ccc(OC)cc4)csc32)cc1OC. The lowest BCUT2D eigenvalue weighted by Crippen LogP contribution is -2.22. The predicted molar refractivity (Wildman–Crippen MR) is 116 cm³/mol. The summed E-state index contributed by atoms with van der Waals surface area (Å²) in [5, 5.41) is 5.19. The summed E-state index contributed by atoms with van der Waals surface area (Å²) >= 11 is 1.67. The van der Waals surface area contributed by atoms with E-state index in [9.17, 15) is 4.79 Å². The third-order valence-corrected chi connectivity index (χ3v) is 6.18. The molecule has 1 aromatic heterocycles. The van der Waals surface area contributed by atoms with Crippen molar-refractivity contribution in [1.29, 1.82) is 0 Å². The summed E-state index contributed by atoms with van der Waals surface area (Å²) in [6.07, 6.45) is 0.409. The van der Waals surface area contributed by atoms with E-state index in [1.54, 1.807) is 25.6 Å². The van der Waals surface area contributed by atoms with Crippen LogP contribution in [0.4, 0.5) is 5.69 Å². The molecule has 1 aliphatic heterocycles. The number of methoxy groups -OCH3 is 2. The standard InChI is InChI=1S/C23H23NO4S/c1-4-28-19-10-7-15(11-20(19)27-3)17-12-21(25)24-22-18(13-29-23(17)22)14-5-8-16(26-2)9-6-14/h5-11,13,17H,4,12H2,1-3H3,(H,24,25)/t17-/m1/s1. The van der Waals surface area contributed by atoms with Crippen LogP contribution in [0.15, 0.2) is 47.8 Å². The fourth-order valence-corrected chi connectivity index (χ4v) is 4.82. The van der Waals surface area contributed by atoms with Crippen molar-refractivity contribution in [3.8, 4) is 28.4 Å². The number of nitrogens with one attached hydrogen (secondary N) is 1. The predicted octanol–water partition coefficient (Wildman–Crippen LogP) is 5.31. The van der Waals surface area contributed by atoms with Crippen LogP contribution in [0.1, 0.15) is 29.7 Å². The number of hydrogen-bond donors (Lipinski definition) is 1. The van der Waals surface area contributed by atoms with Crippen molar-refractivity contribution in [1.82, 2.24) is 0 Å². The van der Waals surface area contributed by atoms with Gasteiger partial charge in [0.15, 0.2) is 11.5 Å². The van der Waals surface area contributed by atoms with Gasteiger partial charge in [-0.25, -0.2) is 0 Å². The molecule has 0 saturated heterocycles. The minimum Gasteiger partial charge on any atom is -0.497 e. The number of thiophene rings is 1. The Morgan fingerprint density at radius 2 is 1.86 bits per heavy atom. The molecule has 150 valence electrons. The molecule has 1 N–H and O–H groups in total. The van der Waals surface area contributed by atoms with Crippen molar-refractivity contribution in [3.63, 3.8) is 0 Å². The first kappa shape index (κ1) is 19.3. The zero-order chi connectivity index (χ0) is 20.4. The number of carbonyl (C=O) groups is 1. The monoisotopic (exact) mass is 409 g/mol. The molecular formula is C23H23NO4S. The molecule has 0 aliphatic carbocycles. The molecule has 3 aromatic rings. The number of rotatable bonds is 6. The molecule has 5 nitrogen and oxygen atoms in total. The third-order valence-electron chi connectivity index (χ3n) is 5.08. The first-order valence-corrected chi connectivity index (χ1v) is 10.4. The maximum atomic E-state index is 12.5. The summed E-state index contributed by atoms with van der Waals surface area (Å²) in [6.45, 7) is 2.51. The van der Waals surface area contributed by atoms with E-state index in [0.717, 1.165) is 33.0 Å². The van der Waals surface area contributed by atoms with Gasteiger partial charge < -0.3 is 19.5 Å². The van der Waals surface area contributed by atoms with Gasteiger partial charge in [0, 0.05) is 28.2 Å². The highest BCUT2D eigenvalue weighted by Crippen LogP contribution is 2.47. The van der Waals surface area contributed by atoms with Crippen LogP contribution in [0.5, 0.6) is 17.2 Å². The van der Waals surface area contributed by atoms with E-state index in [0.29, 0.717) is 24.5 Å². The molecule has 0 unspecified atom stereocenters. The number of anilines is 1. The molecule has 0 bridgehead atoms. The summed E-state index contributed by atoms with van der Waals surface area (Å²) in [6, 6.07) is 13.8. The average molecular weight is 410 g/mol. The molecule has 1 aliphatic rings. The van der Waals surface area contributed by atoms with Gasteiger partial charge >= 0.3 is 0 Å². The lowest BCUT2D eigenvalue weighted by atomic mass is 9.89. The largest absolute Gasteiger partial charge is 0.497 e. The Morgan fingerprint density at radius 1 is 1.07 bits per heavy atom. The number of amides is 1. The van der Waals surface area contributed by atoms with Crippen LogP contribution >= 0.6 is 11.3 Å². The lowest BCUT2D eigenvalue weighted by Gasteiger charge is -2.24. The van der Waals surface area contributed by atoms with Crippen molar-refractivity contribution in [2.75, 3.05) is 26.1 Å². The maximum Gasteiger partial charge on any atom is 0.225 e. The molecule has 2 aromatic carbocycles. The van der Waals surface area contributed by atoms with Crippen molar-refractivity contribution in [2.45, 2.75) is 19.3 Å². The molecule has 0 spiro atoms. The molecule has 6 heteroatoms. The smallest absolute Gasteiger partial charge is 0.225 e. The topological polar surface area (TPSA) is 56.8 Å². The second-order valence-corrected chi connectivity index (χ2v) is 7.68. The number of ether oxygens (including phenoxy) is 3. The minimum absolute atomic E-state index is 0.0136. The molecule has 2 heterocycles. The molecule has 0 radical (unpaired) electrons. The van der Waals surface area contributed by atoms with Crippen molar-refractivity contribution in [2.24, 2.45) is 0 Å². The Bertz CT molecular complexity index is 1030. The van der Waals surface area contributed by atoms with Crippen LogP contribution in [0.2, 0.25) is 0 Å². The molecule has 0 saturated carbocycles. The van der Waals surface area contributed by atoms with Gasteiger partial charge in [-0.2, -0.15) is 0 Å². The van der Waals surface area contributed by atoms with Crippen molar-refractivity contribution < 1.29 is 19.0 Å². The molecular weight excluding hydrogens is 386 g/mol. The first-order valence-electron chi connectivity index (χ1n) is 9.51. The van der Waals surface area contributed by atoms with E-state index in [1.807, 2.05) is 49.4 Å². The summed E-state index contributed by atoms with van der Waals surface area (Å²) in [4.78, 5) is 13.7. The lowest BCUT2D eigenvalue weighted by molar-refractivity contribution is -0.116. The average Bonchev–Trinajstić information content (AvgIpc) is 3.17. The second kappa shape index (κ2) is 8.17. The van der Waals surface area contributed by atoms with E-state index < -0.39 is 0 Å². The van der Waals surface area contributed by atoms with Gasteiger partial charge in [-0.15, -0.1) is 11.3 Å². The minimum atomic E-state index is -0.0136. The summed E-state index contributed by atoms with van der Waals surface area (Å²) in [5.41, 5.74) is 4.02. The highest BCUT2D eigenvalue weighted by molar-refractivity contribution is 7.11. The van der Waals surface area contributed by atoms with E-state index in [-0.39, 0.29) is 11.8 Å². The van der Waals surface area contributed by atoms with E-state index >= 15 is 0 Å². The van der Waals surface area contributed by atoms with Gasteiger partial charge in [0.05, 0.1) is 26.5 Å². The number of fused-ring (bicyclic) bond motifs is 1. The summed E-state index contributed by atoms with van der Waals surface area (Å²) in [7, 11) is 3.28. The molecule has 1 atom stereocenters.